The summed E-state index contributed by atoms with van der Waals surface area (Å²) in [6, 6.07) is 3.67. The maximum absolute atomic E-state index is 12.0. The lowest BCUT2D eigenvalue weighted by atomic mass is 10.0. The van der Waals surface area contributed by atoms with Gasteiger partial charge in [-0.25, -0.2) is 0 Å². The first-order chi connectivity index (χ1) is 10.1. The van der Waals surface area contributed by atoms with Crippen molar-refractivity contribution in [1.29, 1.82) is 0 Å². The number of nitrogens with two attached hydrogens (primary N) is 1. The number of nitrogens with one attached hydrogen (secondary N) is 2. The van der Waals surface area contributed by atoms with Crippen molar-refractivity contribution in [3.63, 3.8) is 0 Å². The smallest absolute Gasteiger partial charge is 0.242 e. The summed E-state index contributed by atoms with van der Waals surface area (Å²) in [5.74, 6) is 0.0528. The van der Waals surface area contributed by atoms with E-state index in [0.717, 1.165) is 36.3 Å². The quantitative estimate of drug-likeness (QED) is 0.705. The van der Waals surface area contributed by atoms with Crippen LogP contribution in [0.15, 0.2) is 12.1 Å². The Labute approximate surface area is 123 Å². The third kappa shape index (κ3) is 2.41. The maximum Gasteiger partial charge on any atom is 0.242 e. The van der Waals surface area contributed by atoms with Crippen molar-refractivity contribution in [2.24, 2.45) is 0 Å². The van der Waals surface area contributed by atoms with Gasteiger partial charge >= 0.3 is 0 Å². The molecule has 21 heavy (non-hydrogen) atoms. The number of carbonyl (C=O) groups is 2. The minimum Gasteiger partial charge on any atom is -0.397 e. The van der Waals surface area contributed by atoms with Crippen LogP contribution in [0.4, 0.5) is 17.1 Å². The number of hydrogen-bond donors (Lipinski definition) is 3. The third-order valence-corrected chi connectivity index (χ3v) is 4.26. The van der Waals surface area contributed by atoms with Crippen LogP contribution < -0.4 is 21.3 Å². The first kappa shape index (κ1) is 13.7. The van der Waals surface area contributed by atoms with Gasteiger partial charge in [0.25, 0.3) is 0 Å². The van der Waals surface area contributed by atoms with Crippen molar-refractivity contribution in [3.05, 3.63) is 17.7 Å². The summed E-state index contributed by atoms with van der Waals surface area (Å²) < 4.78 is 0. The van der Waals surface area contributed by atoms with Crippen LogP contribution in [0.3, 0.4) is 0 Å². The van der Waals surface area contributed by atoms with Gasteiger partial charge in [0, 0.05) is 25.7 Å². The van der Waals surface area contributed by atoms with Crippen LogP contribution in [0.5, 0.6) is 0 Å². The Balaban J connectivity index is 1.95. The fourth-order valence-corrected chi connectivity index (χ4v) is 3.18. The van der Waals surface area contributed by atoms with Gasteiger partial charge in [-0.05, 0) is 37.0 Å². The number of hydrogen-bond acceptors (Lipinski definition) is 4. The second kappa shape index (κ2) is 5.27. The lowest BCUT2D eigenvalue weighted by Gasteiger charge is -2.29. The molecular weight excluding hydrogens is 268 g/mol. The number of anilines is 3. The molecule has 1 aromatic rings. The zero-order valence-corrected chi connectivity index (χ0v) is 12.1. The summed E-state index contributed by atoms with van der Waals surface area (Å²) in [7, 11) is 1.66. The van der Waals surface area contributed by atoms with Gasteiger partial charge in [-0.15, -0.1) is 0 Å². The highest BCUT2D eigenvalue weighted by Crippen LogP contribution is 2.36. The van der Waals surface area contributed by atoms with Crippen molar-refractivity contribution in [3.8, 4) is 0 Å². The molecule has 2 aliphatic heterocycles. The highest BCUT2D eigenvalue weighted by atomic mass is 16.2. The molecule has 0 aliphatic carbocycles. The van der Waals surface area contributed by atoms with E-state index < -0.39 is 0 Å². The number of nitrogen functional groups attached to an aromatic ring is 1. The van der Waals surface area contributed by atoms with Crippen LogP contribution in [0.1, 0.15) is 24.8 Å². The van der Waals surface area contributed by atoms with Crippen molar-refractivity contribution in [1.82, 2.24) is 5.32 Å². The van der Waals surface area contributed by atoms with Gasteiger partial charge in [0.05, 0.1) is 11.4 Å². The fraction of sp³-hybridized carbons (Fsp3) is 0.467. The topological polar surface area (TPSA) is 87.5 Å². The Kier molecular flexibility index (Phi) is 3.45. The van der Waals surface area contributed by atoms with Gasteiger partial charge in [-0.3, -0.25) is 9.59 Å². The predicted octanol–water partition coefficient (Wildman–Crippen LogP) is 0.868. The zero-order valence-electron chi connectivity index (χ0n) is 12.1. The molecule has 0 spiro atoms. The molecule has 0 aromatic heterocycles. The molecule has 6 nitrogen and oxygen atoms in total. The molecule has 1 unspecified atom stereocenters. The molecule has 1 aromatic carbocycles. The number of nitrogens with zero attached hydrogens (tertiary/aromatic N) is 1. The van der Waals surface area contributed by atoms with Crippen molar-refractivity contribution < 1.29 is 9.59 Å². The highest BCUT2D eigenvalue weighted by Gasteiger charge is 2.32. The maximum atomic E-state index is 12.0. The predicted molar refractivity (Wildman–Crippen MR) is 82.2 cm³/mol. The molecule has 2 amide bonds. The van der Waals surface area contributed by atoms with Gasteiger partial charge in [-0.1, -0.05) is 0 Å². The lowest BCUT2D eigenvalue weighted by molar-refractivity contribution is -0.121. The summed E-state index contributed by atoms with van der Waals surface area (Å²) >= 11 is 0. The molecule has 2 heterocycles. The van der Waals surface area contributed by atoms with Crippen molar-refractivity contribution in [2.75, 3.05) is 29.5 Å². The first-order valence-electron chi connectivity index (χ1n) is 7.30. The molecule has 0 saturated carbocycles. The molecule has 1 fully saturated rings. The zero-order chi connectivity index (χ0) is 15.0. The van der Waals surface area contributed by atoms with Crippen molar-refractivity contribution in [2.45, 2.75) is 31.7 Å². The average Bonchev–Trinajstić information content (AvgIpc) is 2.94. The Bertz CT molecular complexity index is 600. The number of likely N-dealkylation sites (N-methyl/N-ethyl adjacent to an activating group) is 1. The van der Waals surface area contributed by atoms with Gasteiger partial charge < -0.3 is 21.3 Å². The van der Waals surface area contributed by atoms with Gasteiger partial charge in [0.15, 0.2) is 0 Å². The van der Waals surface area contributed by atoms with Gasteiger partial charge in [-0.2, -0.15) is 0 Å². The number of aryl methyl sites for hydroxylation is 1. The van der Waals surface area contributed by atoms with E-state index >= 15 is 0 Å². The molecule has 3 rings (SSSR count). The van der Waals surface area contributed by atoms with Gasteiger partial charge in [0.2, 0.25) is 11.8 Å². The van der Waals surface area contributed by atoms with E-state index in [1.165, 1.54) is 0 Å². The summed E-state index contributed by atoms with van der Waals surface area (Å²) in [5.41, 5.74) is 9.53. The summed E-state index contributed by atoms with van der Waals surface area (Å²) in [6.07, 6.45) is 3.03. The Morgan fingerprint density at radius 3 is 3.00 bits per heavy atom. The van der Waals surface area contributed by atoms with E-state index in [1.54, 1.807) is 13.1 Å². The fourth-order valence-electron chi connectivity index (χ4n) is 3.18. The highest BCUT2D eigenvalue weighted by molar-refractivity contribution is 5.96. The van der Waals surface area contributed by atoms with Crippen molar-refractivity contribution >= 4 is 28.9 Å². The minimum absolute atomic E-state index is 0.0259. The van der Waals surface area contributed by atoms with E-state index in [0.29, 0.717) is 18.5 Å². The van der Waals surface area contributed by atoms with E-state index in [9.17, 15) is 9.59 Å². The Hall–Kier alpha value is -2.24. The summed E-state index contributed by atoms with van der Waals surface area (Å²) in [6.45, 7) is 0.827. The largest absolute Gasteiger partial charge is 0.397 e. The lowest BCUT2D eigenvalue weighted by Crippen LogP contribution is -2.42. The number of carbonyl (C=O) groups excluding carboxylic acids is 2. The minimum atomic E-state index is -0.159. The van der Waals surface area contributed by atoms with Crippen LogP contribution in [0.25, 0.3) is 0 Å². The molecule has 6 heteroatoms. The Morgan fingerprint density at radius 2 is 2.24 bits per heavy atom. The standard InChI is InChI=1S/C15H20N4O2/c1-17-15(21)12-3-2-6-19(12)13-7-9-4-5-14(20)18-11(9)8-10(13)16/h7-8,12H,2-6,16H2,1H3,(H,17,21)(H,18,20). The van der Waals surface area contributed by atoms with Crippen LogP contribution in [-0.2, 0) is 16.0 Å². The summed E-state index contributed by atoms with van der Waals surface area (Å²) in [5, 5.41) is 5.56. The Morgan fingerprint density at radius 1 is 1.43 bits per heavy atom. The molecule has 1 saturated heterocycles. The van der Waals surface area contributed by atoms with Crippen LogP contribution in [0, 0.1) is 0 Å². The second-order valence-corrected chi connectivity index (χ2v) is 5.58. The van der Waals surface area contributed by atoms with Gasteiger partial charge in [0.1, 0.15) is 6.04 Å². The normalized spacial score (nSPS) is 20.9. The molecule has 0 radical (unpaired) electrons. The van der Waals surface area contributed by atoms with Crippen LogP contribution in [0.2, 0.25) is 0 Å². The van der Waals surface area contributed by atoms with Crippen LogP contribution >= 0.6 is 0 Å². The average molecular weight is 288 g/mol. The second-order valence-electron chi connectivity index (χ2n) is 5.58. The molecular formula is C15H20N4O2. The molecule has 0 bridgehead atoms. The van der Waals surface area contributed by atoms with E-state index in [-0.39, 0.29) is 17.9 Å². The number of benzene rings is 1. The van der Waals surface area contributed by atoms with Crippen LogP contribution in [-0.4, -0.2) is 31.4 Å². The van der Waals surface area contributed by atoms with E-state index in [4.69, 9.17) is 5.73 Å². The number of fused-ring (bicyclic) bond motifs is 1. The monoisotopic (exact) mass is 288 g/mol. The molecule has 112 valence electrons. The number of amides is 2. The third-order valence-electron chi connectivity index (χ3n) is 4.26. The van der Waals surface area contributed by atoms with E-state index in [1.807, 2.05) is 6.07 Å². The summed E-state index contributed by atoms with van der Waals surface area (Å²) in [4.78, 5) is 25.5. The molecule has 2 aliphatic rings. The number of rotatable bonds is 2. The SMILES string of the molecule is CNC(=O)C1CCCN1c1cc2c(cc1N)NC(=O)CC2. The molecule has 4 N–H and O–H groups in total. The molecule has 1 atom stereocenters. The first-order valence-corrected chi connectivity index (χ1v) is 7.30. The van der Waals surface area contributed by atoms with E-state index in [2.05, 4.69) is 15.5 Å².